The fraction of sp³-hybridized carbons (Fsp3) is 0.0323. The van der Waals surface area contributed by atoms with E-state index < -0.39 is 5.92 Å². The Morgan fingerprint density at radius 2 is 0.652 bits per heavy atom. The molecule has 0 fully saturated rings. The summed E-state index contributed by atoms with van der Waals surface area (Å²) in [6, 6.07) is 3.84. The third kappa shape index (κ3) is 7.09. The molecule has 2 aromatic heterocycles. The number of hydrogen-bond donors (Lipinski definition) is 0. The summed E-state index contributed by atoms with van der Waals surface area (Å²) in [5.41, 5.74) is 2.91. The number of rotatable bonds is 7. The fourth-order valence-corrected chi connectivity index (χ4v) is 9.62. The third-order valence-corrected chi connectivity index (χ3v) is 14.0. The summed E-state index contributed by atoms with van der Waals surface area (Å²) in [5, 5.41) is 7.52. The maximum Gasteiger partial charge on any atom is 0.0809 e. The Morgan fingerprint density at radius 1 is 0.370 bits per heavy atom. The molecule has 46 heavy (non-hydrogen) atoms. The van der Waals surface area contributed by atoms with E-state index in [0.717, 1.165) is 11.1 Å². The zero-order valence-electron chi connectivity index (χ0n) is 22.1. The smallest absolute Gasteiger partial charge is 0.0809 e. The number of hydrogen-bond acceptors (Lipinski definition) is 2. The quantitative estimate of drug-likeness (QED) is 0.0867. The van der Waals surface area contributed by atoms with Crippen molar-refractivity contribution in [1.29, 1.82) is 0 Å². The van der Waals surface area contributed by atoms with Crippen LogP contribution >= 0.6 is 173 Å². The van der Waals surface area contributed by atoms with E-state index in [0.29, 0.717) is 11.1 Å². The van der Waals surface area contributed by atoms with Gasteiger partial charge in [-0.25, -0.2) is 0 Å². The lowest BCUT2D eigenvalue weighted by Gasteiger charge is -2.28. The SMILES string of the molecule is Clc1c(Cl)c(Cl)c(C(c2c(Cl)c(Cl)c(/C=C/c3ccsc3)c(Cl)c2Cl)c2c(Cl)c(Cl)c(/C=C/c3ccsc3)c(Cl)c2Cl)c(Cl)c1Cl. The minimum Gasteiger partial charge on any atom is -0.152 e. The van der Waals surface area contributed by atoms with Gasteiger partial charge in [0.15, 0.2) is 0 Å². The first-order valence-corrected chi connectivity index (χ1v) is 19.2. The maximum absolute atomic E-state index is 7.02. The van der Waals surface area contributed by atoms with Crippen LogP contribution in [0.5, 0.6) is 0 Å². The second kappa shape index (κ2) is 15.7. The highest BCUT2D eigenvalue weighted by Crippen LogP contribution is 2.58. The van der Waals surface area contributed by atoms with Gasteiger partial charge in [-0.15, -0.1) is 0 Å². The first-order valence-electron chi connectivity index (χ1n) is 12.4. The van der Waals surface area contributed by atoms with Gasteiger partial charge in [-0.05, 0) is 44.8 Å². The second-order valence-electron chi connectivity index (χ2n) is 9.36. The summed E-state index contributed by atoms with van der Waals surface area (Å²) >= 11 is 91.7. The zero-order chi connectivity index (χ0) is 33.6. The molecule has 0 atom stereocenters. The van der Waals surface area contributed by atoms with Crippen LogP contribution < -0.4 is 0 Å². The monoisotopic (exact) mass is 902 g/mol. The zero-order valence-corrected chi connectivity index (χ0v) is 33.5. The van der Waals surface area contributed by atoms with Crippen molar-refractivity contribution >= 4 is 198 Å². The van der Waals surface area contributed by atoms with E-state index in [1.165, 1.54) is 22.7 Å². The van der Waals surface area contributed by atoms with Gasteiger partial charge in [-0.1, -0.05) is 175 Å². The van der Waals surface area contributed by atoms with Gasteiger partial charge in [0.1, 0.15) is 0 Å². The Hall–Kier alpha value is 0.310. The summed E-state index contributed by atoms with van der Waals surface area (Å²) in [6.45, 7) is 0. The molecule has 0 N–H and O–H groups in total. The van der Waals surface area contributed by atoms with E-state index in [1.807, 2.05) is 45.8 Å². The number of halogens is 13. The van der Waals surface area contributed by atoms with Gasteiger partial charge in [0.05, 0.1) is 65.3 Å². The molecule has 0 unspecified atom stereocenters. The Labute approximate surface area is 337 Å². The molecule has 0 bridgehead atoms. The Kier molecular flexibility index (Phi) is 12.8. The molecule has 0 radical (unpaired) electrons. The van der Waals surface area contributed by atoms with Crippen LogP contribution in [-0.2, 0) is 0 Å². The average molecular weight is 908 g/mol. The number of benzene rings is 3. The Bertz CT molecular complexity index is 1830. The molecule has 0 aliphatic rings. The topological polar surface area (TPSA) is 0 Å². The van der Waals surface area contributed by atoms with E-state index in [9.17, 15) is 0 Å². The molecule has 0 nitrogen and oxygen atoms in total. The van der Waals surface area contributed by atoms with Crippen molar-refractivity contribution in [3.63, 3.8) is 0 Å². The highest BCUT2D eigenvalue weighted by molar-refractivity contribution is 7.08. The lowest BCUT2D eigenvalue weighted by atomic mass is 9.83. The van der Waals surface area contributed by atoms with E-state index >= 15 is 0 Å². The molecule has 2 heterocycles. The molecule has 5 rings (SSSR count). The van der Waals surface area contributed by atoms with Gasteiger partial charge in [0, 0.05) is 33.7 Å². The fourth-order valence-electron chi connectivity index (χ4n) is 4.54. The van der Waals surface area contributed by atoms with Gasteiger partial charge in [0.25, 0.3) is 0 Å². The Balaban J connectivity index is 1.86. The van der Waals surface area contributed by atoms with Crippen LogP contribution in [0.2, 0.25) is 65.3 Å². The first-order chi connectivity index (χ1) is 21.8. The van der Waals surface area contributed by atoms with Gasteiger partial charge in [0.2, 0.25) is 0 Å². The van der Waals surface area contributed by atoms with E-state index in [4.69, 9.17) is 151 Å². The molecule has 0 amide bonds. The molecule has 238 valence electrons. The van der Waals surface area contributed by atoms with Gasteiger partial charge in [-0.3, -0.25) is 0 Å². The Morgan fingerprint density at radius 3 is 0.935 bits per heavy atom. The normalized spacial score (nSPS) is 12.0. The van der Waals surface area contributed by atoms with Gasteiger partial charge < -0.3 is 0 Å². The summed E-state index contributed by atoms with van der Waals surface area (Å²) in [4.78, 5) is 0. The van der Waals surface area contributed by atoms with Crippen molar-refractivity contribution < 1.29 is 0 Å². The summed E-state index contributed by atoms with van der Waals surface area (Å²) in [5.74, 6) is -1.22. The summed E-state index contributed by atoms with van der Waals surface area (Å²) in [6.07, 6.45) is 7.02. The molecule has 0 aliphatic heterocycles. The van der Waals surface area contributed by atoms with Crippen LogP contribution in [0.25, 0.3) is 24.3 Å². The highest BCUT2D eigenvalue weighted by atomic mass is 35.5. The summed E-state index contributed by atoms with van der Waals surface area (Å²) < 4.78 is 0. The van der Waals surface area contributed by atoms with Gasteiger partial charge >= 0.3 is 0 Å². The number of thiophene rings is 2. The molecule has 5 aromatic rings. The van der Waals surface area contributed by atoms with E-state index in [-0.39, 0.29) is 82.0 Å². The lowest BCUT2D eigenvalue weighted by molar-refractivity contribution is 0.978. The minimum absolute atomic E-state index is 0.0128. The standard InChI is InChI=1S/C31H11Cl13S2/c32-19-13(3-1-11-5-7-45-9-11)20(33)24(37)16(23(19)36)15(18-27(40)29(42)31(44)30(43)28(18)41)17-25(38)21(34)14(22(35)26(17)39)4-2-12-6-8-46-10-12/h1-10,15H/b3-1+,4-2+. The molecule has 3 aromatic carbocycles. The molecular formula is C31H11Cl13S2. The van der Waals surface area contributed by atoms with Crippen LogP contribution in [0.4, 0.5) is 0 Å². The third-order valence-electron chi connectivity index (χ3n) is 6.74. The molecular weight excluding hydrogens is 897 g/mol. The van der Waals surface area contributed by atoms with Crippen molar-refractivity contribution in [2.75, 3.05) is 0 Å². The summed E-state index contributed by atoms with van der Waals surface area (Å²) in [7, 11) is 0. The van der Waals surface area contributed by atoms with E-state index in [2.05, 4.69) is 0 Å². The predicted octanol–water partition coefficient (Wildman–Crippen LogP) is 17.8. The van der Waals surface area contributed by atoms with Gasteiger partial charge in [-0.2, -0.15) is 22.7 Å². The predicted molar refractivity (Wildman–Crippen MR) is 212 cm³/mol. The minimum atomic E-state index is -1.22. The first kappa shape index (κ1) is 37.6. The van der Waals surface area contributed by atoms with Crippen LogP contribution in [0.15, 0.2) is 33.7 Å². The molecule has 0 aliphatic carbocycles. The molecule has 15 heteroatoms. The van der Waals surface area contributed by atoms with E-state index in [1.54, 1.807) is 12.2 Å². The van der Waals surface area contributed by atoms with Crippen molar-refractivity contribution in [1.82, 2.24) is 0 Å². The van der Waals surface area contributed by atoms with Crippen LogP contribution in [-0.4, -0.2) is 0 Å². The highest BCUT2D eigenvalue weighted by Gasteiger charge is 2.37. The van der Waals surface area contributed by atoms with Crippen molar-refractivity contribution in [2.24, 2.45) is 0 Å². The molecule has 0 spiro atoms. The maximum atomic E-state index is 7.02. The molecule has 0 saturated carbocycles. The average Bonchev–Trinajstić information content (AvgIpc) is 3.76. The van der Waals surface area contributed by atoms with Crippen molar-refractivity contribution in [3.8, 4) is 0 Å². The van der Waals surface area contributed by atoms with Crippen molar-refractivity contribution in [3.05, 3.63) is 138 Å². The largest absolute Gasteiger partial charge is 0.152 e. The van der Waals surface area contributed by atoms with Crippen LogP contribution in [0, 0.1) is 0 Å². The second-order valence-corrected chi connectivity index (χ2v) is 15.8. The lowest BCUT2D eigenvalue weighted by Crippen LogP contribution is -2.11. The van der Waals surface area contributed by atoms with Crippen LogP contribution in [0.3, 0.4) is 0 Å². The van der Waals surface area contributed by atoms with Crippen molar-refractivity contribution in [2.45, 2.75) is 5.92 Å². The van der Waals surface area contributed by atoms with Crippen LogP contribution in [0.1, 0.15) is 44.9 Å². The molecule has 0 saturated heterocycles.